The fourth-order valence-corrected chi connectivity index (χ4v) is 2.23. The molecule has 0 saturated carbocycles. The number of aromatic nitrogens is 1. The van der Waals surface area contributed by atoms with Crippen molar-refractivity contribution in [2.24, 2.45) is 5.10 Å². The largest absolute Gasteiger partial charge is 0.493 e. The van der Waals surface area contributed by atoms with Crippen molar-refractivity contribution in [3.05, 3.63) is 50.6 Å². The van der Waals surface area contributed by atoms with E-state index in [1.165, 1.54) is 12.1 Å². The van der Waals surface area contributed by atoms with E-state index in [0.717, 1.165) is 16.2 Å². The second-order valence-corrected chi connectivity index (χ2v) is 5.34. The highest BCUT2D eigenvalue weighted by atomic mass is 79.9. The number of ether oxygens (including phenoxy) is 2. The van der Waals surface area contributed by atoms with Crippen LogP contribution in [0.4, 0.5) is 11.5 Å². The molecular weight excluding hydrogens is 380 g/mol. The van der Waals surface area contributed by atoms with Crippen LogP contribution in [0.2, 0.25) is 0 Å². The smallest absolute Gasteiger partial charge is 0.287 e. The van der Waals surface area contributed by atoms with Gasteiger partial charge in [0.2, 0.25) is 0 Å². The minimum atomic E-state index is -0.511. The summed E-state index contributed by atoms with van der Waals surface area (Å²) in [5.74, 6) is 1.62. The van der Waals surface area contributed by atoms with Crippen LogP contribution in [0.25, 0.3) is 0 Å². The number of nitrogens with zero attached hydrogens (tertiary/aromatic N) is 3. The first-order valence-corrected chi connectivity index (χ1v) is 7.74. The van der Waals surface area contributed by atoms with Gasteiger partial charge < -0.3 is 9.47 Å². The second kappa shape index (κ2) is 8.25. The van der Waals surface area contributed by atoms with Crippen molar-refractivity contribution in [2.45, 2.75) is 6.92 Å². The lowest BCUT2D eigenvalue weighted by atomic mass is 10.2. The van der Waals surface area contributed by atoms with Gasteiger partial charge in [-0.15, -0.1) is 0 Å². The van der Waals surface area contributed by atoms with Gasteiger partial charge in [-0.1, -0.05) is 0 Å². The zero-order chi connectivity index (χ0) is 17.5. The summed E-state index contributed by atoms with van der Waals surface area (Å²) in [6.45, 7) is 2.42. The predicted molar refractivity (Wildman–Crippen MR) is 94.0 cm³/mol. The fourth-order valence-electron chi connectivity index (χ4n) is 1.81. The highest BCUT2D eigenvalue weighted by Gasteiger charge is 2.09. The van der Waals surface area contributed by atoms with E-state index < -0.39 is 4.92 Å². The van der Waals surface area contributed by atoms with E-state index in [-0.39, 0.29) is 5.69 Å². The lowest BCUT2D eigenvalue weighted by Gasteiger charge is -2.11. The van der Waals surface area contributed by atoms with Crippen molar-refractivity contribution < 1.29 is 14.4 Å². The van der Waals surface area contributed by atoms with Gasteiger partial charge in [-0.3, -0.25) is 15.5 Å². The van der Waals surface area contributed by atoms with Crippen LogP contribution in [-0.4, -0.2) is 29.8 Å². The molecule has 1 aromatic carbocycles. The molecular formula is C15H15BrN4O4. The Balaban J connectivity index is 2.12. The summed E-state index contributed by atoms with van der Waals surface area (Å²) in [4.78, 5) is 14.0. The molecule has 1 aromatic heterocycles. The summed E-state index contributed by atoms with van der Waals surface area (Å²) in [5, 5.41) is 14.6. The molecule has 9 heteroatoms. The molecule has 2 aromatic rings. The quantitative estimate of drug-likeness (QED) is 0.437. The van der Waals surface area contributed by atoms with E-state index in [1.54, 1.807) is 25.5 Å². The van der Waals surface area contributed by atoms with Crippen LogP contribution >= 0.6 is 15.9 Å². The highest BCUT2D eigenvalue weighted by Crippen LogP contribution is 2.32. The number of nitro groups is 1. The summed E-state index contributed by atoms with van der Waals surface area (Å²) >= 11 is 3.45. The maximum atomic E-state index is 10.6. The first-order valence-electron chi connectivity index (χ1n) is 6.95. The van der Waals surface area contributed by atoms with Gasteiger partial charge in [-0.2, -0.15) is 5.10 Å². The molecule has 8 nitrogen and oxygen atoms in total. The average molecular weight is 395 g/mol. The number of pyridine rings is 1. The molecule has 0 aliphatic carbocycles. The van der Waals surface area contributed by atoms with E-state index >= 15 is 0 Å². The Morgan fingerprint density at radius 1 is 1.42 bits per heavy atom. The molecule has 1 heterocycles. The summed E-state index contributed by atoms with van der Waals surface area (Å²) in [7, 11) is 1.56. The molecule has 0 unspecified atom stereocenters. The van der Waals surface area contributed by atoms with Crippen molar-refractivity contribution in [3.8, 4) is 11.5 Å². The molecule has 0 spiro atoms. The zero-order valence-electron chi connectivity index (χ0n) is 13.0. The summed E-state index contributed by atoms with van der Waals surface area (Å²) in [6, 6.07) is 6.40. The predicted octanol–water partition coefficient (Wildman–Crippen LogP) is 3.61. The minimum Gasteiger partial charge on any atom is -0.493 e. The Morgan fingerprint density at radius 2 is 2.21 bits per heavy atom. The molecule has 0 fully saturated rings. The molecule has 0 atom stereocenters. The van der Waals surface area contributed by atoms with Crippen molar-refractivity contribution in [3.63, 3.8) is 0 Å². The lowest BCUT2D eigenvalue weighted by Crippen LogP contribution is -1.98. The van der Waals surface area contributed by atoms with Crippen LogP contribution in [0.5, 0.6) is 11.5 Å². The Labute approximate surface area is 146 Å². The number of methoxy groups -OCH3 is 1. The first kappa shape index (κ1) is 17.7. The van der Waals surface area contributed by atoms with Crippen LogP contribution in [0.15, 0.2) is 40.0 Å². The second-order valence-electron chi connectivity index (χ2n) is 4.49. The van der Waals surface area contributed by atoms with Gasteiger partial charge >= 0.3 is 0 Å². The third kappa shape index (κ3) is 4.42. The van der Waals surface area contributed by atoms with E-state index in [9.17, 15) is 10.1 Å². The van der Waals surface area contributed by atoms with Crippen LogP contribution in [0.1, 0.15) is 12.5 Å². The SMILES string of the molecule is CCOc1cc(Br)c(/C=N/Nc2ccc([N+](=O)[O-])cn2)cc1OC. The van der Waals surface area contributed by atoms with E-state index in [1.807, 2.05) is 6.92 Å². The lowest BCUT2D eigenvalue weighted by molar-refractivity contribution is -0.385. The van der Waals surface area contributed by atoms with Crippen LogP contribution < -0.4 is 14.9 Å². The Morgan fingerprint density at radius 3 is 2.79 bits per heavy atom. The van der Waals surface area contributed by atoms with Crippen molar-refractivity contribution in [1.82, 2.24) is 4.98 Å². The number of halogens is 1. The van der Waals surface area contributed by atoms with E-state index in [4.69, 9.17) is 9.47 Å². The van der Waals surface area contributed by atoms with E-state index in [2.05, 4.69) is 31.4 Å². The maximum Gasteiger partial charge on any atom is 0.287 e. The van der Waals surface area contributed by atoms with Crippen molar-refractivity contribution in [2.75, 3.05) is 19.1 Å². The standard InChI is InChI=1S/C15H15BrN4O4/c1-3-24-14-7-12(16)10(6-13(14)23-2)8-18-19-15-5-4-11(9-17-15)20(21)22/h4-9H,3H2,1-2H3,(H,17,19)/b18-8+. The molecule has 0 radical (unpaired) electrons. The Hall–Kier alpha value is -2.68. The average Bonchev–Trinajstić information content (AvgIpc) is 2.57. The van der Waals surface area contributed by atoms with Crippen LogP contribution in [0.3, 0.4) is 0 Å². The third-order valence-corrected chi connectivity index (χ3v) is 3.61. The van der Waals surface area contributed by atoms with Gasteiger partial charge in [0.1, 0.15) is 12.0 Å². The molecule has 24 heavy (non-hydrogen) atoms. The highest BCUT2D eigenvalue weighted by molar-refractivity contribution is 9.10. The zero-order valence-corrected chi connectivity index (χ0v) is 14.6. The number of hydrogen-bond donors (Lipinski definition) is 1. The normalized spacial score (nSPS) is 10.6. The number of benzene rings is 1. The number of rotatable bonds is 7. The molecule has 1 N–H and O–H groups in total. The van der Waals surface area contributed by atoms with Gasteiger partial charge in [-0.25, -0.2) is 4.98 Å². The molecule has 0 bridgehead atoms. The maximum absolute atomic E-state index is 10.6. The molecule has 0 saturated heterocycles. The summed E-state index contributed by atoms with van der Waals surface area (Å²) in [6.07, 6.45) is 2.74. The topological polar surface area (TPSA) is 98.9 Å². The number of hydrogen-bond acceptors (Lipinski definition) is 7. The third-order valence-electron chi connectivity index (χ3n) is 2.92. The molecule has 0 amide bonds. The molecule has 126 valence electrons. The Kier molecular flexibility index (Phi) is 6.07. The fraction of sp³-hybridized carbons (Fsp3) is 0.200. The molecule has 0 aliphatic heterocycles. The van der Waals surface area contributed by atoms with Crippen LogP contribution in [-0.2, 0) is 0 Å². The number of hydrazone groups is 1. The van der Waals surface area contributed by atoms with Crippen LogP contribution in [0, 0.1) is 10.1 Å². The van der Waals surface area contributed by atoms with Crippen molar-refractivity contribution >= 4 is 33.6 Å². The molecule has 2 rings (SSSR count). The van der Waals surface area contributed by atoms with Gasteiger partial charge in [0.25, 0.3) is 5.69 Å². The number of anilines is 1. The van der Waals surface area contributed by atoms with Gasteiger partial charge in [0.05, 0.1) is 24.9 Å². The van der Waals surface area contributed by atoms with Crippen molar-refractivity contribution in [1.29, 1.82) is 0 Å². The minimum absolute atomic E-state index is 0.0801. The van der Waals surface area contributed by atoms with Gasteiger partial charge in [0, 0.05) is 16.1 Å². The van der Waals surface area contributed by atoms with Gasteiger partial charge in [0.15, 0.2) is 11.5 Å². The molecule has 0 aliphatic rings. The monoisotopic (exact) mass is 394 g/mol. The summed E-state index contributed by atoms with van der Waals surface area (Å²) < 4.78 is 11.6. The van der Waals surface area contributed by atoms with E-state index in [0.29, 0.717) is 23.9 Å². The summed E-state index contributed by atoms with van der Waals surface area (Å²) in [5.41, 5.74) is 3.39. The van der Waals surface area contributed by atoms with Gasteiger partial charge in [-0.05, 0) is 41.1 Å². The number of nitrogens with one attached hydrogen (secondary N) is 1. The first-order chi connectivity index (χ1) is 11.5. The Bertz CT molecular complexity index is 750.